The lowest BCUT2D eigenvalue weighted by Crippen LogP contribution is -1.84. The molecular formula is C8H6BrN3O. The minimum Gasteiger partial charge on any atom is -0.369 e. The van der Waals surface area contributed by atoms with Crippen LogP contribution in [0, 0.1) is 0 Å². The van der Waals surface area contributed by atoms with Crippen molar-refractivity contribution in [2.75, 3.05) is 5.73 Å². The lowest BCUT2D eigenvalue weighted by Gasteiger charge is -1.93. The van der Waals surface area contributed by atoms with Crippen molar-refractivity contribution in [3.8, 4) is 0 Å². The minimum absolute atomic E-state index is 0.346. The number of fused-ring (bicyclic) bond motifs is 1. The number of benzene rings is 1. The molecule has 2 aromatic rings. The fraction of sp³-hybridized carbons (Fsp3) is 0. The summed E-state index contributed by atoms with van der Waals surface area (Å²) in [6.07, 6.45) is 0.779. The second-order valence-corrected chi connectivity index (χ2v) is 3.49. The van der Waals surface area contributed by atoms with Crippen molar-refractivity contribution in [2.24, 2.45) is 0 Å². The standard InChI is InChI=1S/C8H6BrN3O/c9-5-1-4(3-13)2-6-7(5)12-8(10)11-6/h1-3H,(H3,10,11,12). The normalized spacial score (nSPS) is 10.5. The molecule has 0 unspecified atom stereocenters. The highest BCUT2D eigenvalue weighted by Gasteiger charge is 2.05. The molecule has 0 aliphatic carbocycles. The Morgan fingerprint density at radius 3 is 3.00 bits per heavy atom. The van der Waals surface area contributed by atoms with E-state index in [1.54, 1.807) is 12.1 Å². The molecule has 0 saturated carbocycles. The van der Waals surface area contributed by atoms with E-state index in [1.165, 1.54) is 0 Å². The predicted octanol–water partition coefficient (Wildman–Crippen LogP) is 1.72. The number of hydrogen-bond acceptors (Lipinski definition) is 3. The quantitative estimate of drug-likeness (QED) is 0.745. The van der Waals surface area contributed by atoms with E-state index in [2.05, 4.69) is 25.9 Å². The maximum atomic E-state index is 10.5. The number of imidazole rings is 1. The van der Waals surface area contributed by atoms with Crippen LogP contribution in [0.1, 0.15) is 10.4 Å². The molecule has 0 aliphatic heterocycles. The Morgan fingerprint density at radius 2 is 2.31 bits per heavy atom. The number of halogens is 1. The van der Waals surface area contributed by atoms with E-state index >= 15 is 0 Å². The molecule has 2 rings (SSSR count). The molecule has 0 fully saturated rings. The average molecular weight is 240 g/mol. The number of nitrogen functional groups attached to an aromatic ring is 1. The average Bonchev–Trinajstić information content (AvgIpc) is 2.46. The zero-order chi connectivity index (χ0) is 9.42. The third-order valence-corrected chi connectivity index (χ3v) is 2.32. The molecule has 13 heavy (non-hydrogen) atoms. The Bertz CT molecular complexity index is 477. The number of aromatic amines is 1. The van der Waals surface area contributed by atoms with Gasteiger partial charge in [-0.2, -0.15) is 0 Å². The van der Waals surface area contributed by atoms with Crippen LogP contribution in [0.4, 0.5) is 5.95 Å². The Balaban J connectivity index is 2.82. The molecule has 0 amide bonds. The highest BCUT2D eigenvalue weighted by Crippen LogP contribution is 2.23. The number of anilines is 1. The summed E-state index contributed by atoms with van der Waals surface area (Å²) in [7, 11) is 0. The van der Waals surface area contributed by atoms with Crippen LogP contribution < -0.4 is 5.73 Å². The molecule has 66 valence electrons. The number of aromatic nitrogens is 2. The van der Waals surface area contributed by atoms with Crippen molar-refractivity contribution < 1.29 is 4.79 Å². The molecule has 4 nitrogen and oxygen atoms in total. The number of rotatable bonds is 1. The van der Waals surface area contributed by atoms with Gasteiger partial charge in [-0.1, -0.05) is 0 Å². The largest absolute Gasteiger partial charge is 0.369 e. The summed E-state index contributed by atoms with van der Waals surface area (Å²) in [5, 5.41) is 0. The summed E-state index contributed by atoms with van der Waals surface area (Å²) >= 11 is 3.30. The van der Waals surface area contributed by atoms with Gasteiger partial charge in [-0.25, -0.2) is 4.98 Å². The van der Waals surface area contributed by atoms with Gasteiger partial charge in [-0.3, -0.25) is 4.79 Å². The van der Waals surface area contributed by atoms with Crippen molar-refractivity contribution in [1.82, 2.24) is 9.97 Å². The van der Waals surface area contributed by atoms with Gasteiger partial charge in [-0.15, -0.1) is 0 Å². The number of H-pyrrole nitrogens is 1. The third kappa shape index (κ3) is 1.31. The van der Waals surface area contributed by atoms with Gasteiger partial charge in [0.2, 0.25) is 0 Å². The highest BCUT2D eigenvalue weighted by molar-refractivity contribution is 9.10. The second-order valence-electron chi connectivity index (χ2n) is 2.64. The SMILES string of the molecule is Nc1nc2c(Br)cc(C=O)cc2[nH]1. The predicted molar refractivity (Wildman–Crippen MR) is 53.6 cm³/mol. The molecule has 3 N–H and O–H groups in total. The third-order valence-electron chi connectivity index (χ3n) is 1.72. The van der Waals surface area contributed by atoms with Gasteiger partial charge in [0, 0.05) is 10.0 Å². The van der Waals surface area contributed by atoms with Gasteiger partial charge >= 0.3 is 0 Å². The van der Waals surface area contributed by atoms with Crippen LogP contribution in [0.3, 0.4) is 0 Å². The van der Waals surface area contributed by atoms with E-state index < -0.39 is 0 Å². The number of nitrogens with two attached hydrogens (primary N) is 1. The Labute approximate surface area is 82.3 Å². The highest BCUT2D eigenvalue weighted by atomic mass is 79.9. The Hall–Kier alpha value is -1.36. The Morgan fingerprint density at radius 1 is 1.54 bits per heavy atom. The first-order valence-electron chi connectivity index (χ1n) is 3.60. The van der Waals surface area contributed by atoms with Crippen LogP contribution in [0.2, 0.25) is 0 Å². The number of carbonyl (C=O) groups is 1. The first-order chi connectivity index (χ1) is 6.20. The van der Waals surface area contributed by atoms with Gasteiger partial charge in [0.15, 0.2) is 5.95 Å². The maximum absolute atomic E-state index is 10.5. The number of aldehydes is 1. The lowest BCUT2D eigenvalue weighted by molar-refractivity contribution is 0.112. The molecule has 1 aromatic carbocycles. The summed E-state index contributed by atoms with van der Waals surface area (Å²) in [5.41, 5.74) is 7.56. The van der Waals surface area contributed by atoms with Gasteiger partial charge < -0.3 is 10.7 Å². The second kappa shape index (κ2) is 2.85. The molecule has 1 aromatic heterocycles. The van der Waals surface area contributed by atoms with Gasteiger partial charge in [-0.05, 0) is 28.1 Å². The zero-order valence-electron chi connectivity index (χ0n) is 6.54. The maximum Gasteiger partial charge on any atom is 0.198 e. The van der Waals surface area contributed by atoms with E-state index in [0.29, 0.717) is 11.5 Å². The van der Waals surface area contributed by atoms with E-state index in [-0.39, 0.29) is 0 Å². The molecule has 0 atom stereocenters. The first-order valence-corrected chi connectivity index (χ1v) is 4.40. The van der Waals surface area contributed by atoms with Crippen LogP contribution in [0.15, 0.2) is 16.6 Å². The lowest BCUT2D eigenvalue weighted by atomic mass is 10.2. The van der Waals surface area contributed by atoms with Crippen LogP contribution in [0.5, 0.6) is 0 Å². The Kier molecular flexibility index (Phi) is 1.81. The molecule has 5 heteroatoms. The van der Waals surface area contributed by atoms with Gasteiger partial charge in [0.25, 0.3) is 0 Å². The van der Waals surface area contributed by atoms with Crippen LogP contribution >= 0.6 is 15.9 Å². The number of carbonyl (C=O) groups excluding carboxylic acids is 1. The summed E-state index contributed by atoms with van der Waals surface area (Å²) in [4.78, 5) is 17.4. The molecule has 0 bridgehead atoms. The summed E-state index contributed by atoms with van der Waals surface area (Å²) in [6, 6.07) is 3.41. The number of hydrogen-bond donors (Lipinski definition) is 2. The topological polar surface area (TPSA) is 71.8 Å². The monoisotopic (exact) mass is 239 g/mol. The minimum atomic E-state index is 0.346. The van der Waals surface area contributed by atoms with E-state index in [4.69, 9.17) is 5.73 Å². The van der Waals surface area contributed by atoms with E-state index in [9.17, 15) is 4.79 Å². The first kappa shape index (κ1) is 8.25. The summed E-state index contributed by atoms with van der Waals surface area (Å²) < 4.78 is 0.764. The smallest absolute Gasteiger partial charge is 0.198 e. The zero-order valence-corrected chi connectivity index (χ0v) is 8.13. The van der Waals surface area contributed by atoms with E-state index in [1.807, 2.05) is 0 Å². The summed E-state index contributed by atoms with van der Waals surface area (Å²) in [6.45, 7) is 0. The van der Waals surface area contributed by atoms with Crippen molar-refractivity contribution in [3.63, 3.8) is 0 Å². The molecular weight excluding hydrogens is 234 g/mol. The van der Waals surface area contributed by atoms with Gasteiger partial charge in [0.1, 0.15) is 11.8 Å². The van der Waals surface area contributed by atoms with Crippen molar-refractivity contribution in [2.45, 2.75) is 0 Å². The van der Waals surface area contributed by atoms with Crippen LogP contribution in [0.25, 0.3) is 11.0 Å². The van der Waals surface area contributed by atoms with Crippen molar-refractivity contribution in [1.29, 1.82) is 0 Å². The molecule has 1 heterocycles. The van der Waals surface area contributed by atoms with Crippen molar-refractivity contribution >= 4 is 39.2 Å². The number of nitrogens with zero attached hydrogens (tertiary/aromatic N) is 1. The number of nitrogens with one attached hydrogen (secondary N) is 1. The fourth-order valence-electron chi connectivity index (χ4n) is 1.18. The molecule has 0 radical (unpaired) electrons. The van der Waals surface area contributed by atoms with E-state index in [0.717, 1.165) is 21.8 Å². The van der Waals surface area contributed by atoms with Crippen molar-refractivity contribution in [3.05, 3.63) is 22.2 Å². The van der Waals surface area contributed by atoms with Crippen LogP contribution in [-0.4, -0.2) is 16.3 Å². The summed E-state index contributed by atoms with van der Waals surface area (Å²) in [5.74, 6) is 0.346. The fourth-order valence-corrected chi connectivity index (χ4v) is 1.75. The molecule has 0 aliphatic rings. The van der Waals surface area contributed by atoms with Gasteiger partial charge in [0.05, 0.1) is 5.52 Å². The molecule has 0 saturated heterocycles. The van der Waals surface area contributed by atoms with Crippen LogP contribution in [-0.2, 0) is 0 Å². The molecule has 0 spiro atoms.